The Morgan fingerprint density at radius 2 is 1.94 bits per heavy atom. The number of rotatable bonds is 3. The fourth-order valence-electron chi connectivity index (χ4n) is 1.24. The van der Waals surface area contributed by atoms with Gasteiger partial charge in [0.1, 0.15) is 6.33 Å². The van der Waals surface area contributed by atoms with Crippen LogP contribution < -0.4 is 5.73 Å². The Balaban J connectivity index is 2.37. The molecule has 6 nitrogen and oxygen atoms in total. The van der Waals surface area contributed by atoms with Crippen LogP contribution in [0.4, 0.5) is 11.5 Å². The van der Waals surface area contributed by atoms with Crippen molar-refractivity contribution in [2.45, 2.75) is 9.92 Å². The van der Waals surface area contributed by atoms with Gasteiger partial charge in [0.05, 0.1) is 4.92 Å². The van der Waals surface area contributed by atoms with Gasteiger partial charge in [0.15, 0.2) is 5.03 Å². The van der Waals surface area contributed by atoms with Gasteiger partial charge in [-0.05, 0) is 24.3 Å². The Labute approximate surface area is 115 Å². The molecule has 0 aliphatic rings. The van der Waals surface area contributed by atoms with Crippen molar-refractivity contribution >= 4 is 39.2 Å². The molecule has 2 N–H and O–H groups in total. The summed E-state index contributed by atoms with van der Waals surface area (Å²) in [6.45, 7) is 0. The van der Waals surface area contributed by atoms with Crippen molar-refractivity contribution in [3.63, 3.8) is 0 Å². The van der Waals surface area contributed by atoms with E-state index in [1.807, 2.05) is 24.3 Å². The molecule has 1 aromatic heterocycles. The molecule has 0 aliphatic carbocycles. The summed E-state index contributed by atoms with van der Waals surface area (Å²) in [6.07, 6.45) is 1.21. The lowest BCUT2D eigenvalue weighted by Gasteiger charge is -2.03. The van der Waals surface area contributed by atoms with E-state index in [1.165, 1.54) is 18.1 Å². The summed E-state index contributed by atoms with van der Waals surface area (Å²) in [5.41, 5.74) is 5.23. The number of aromatic nitrogens is 2. The Morgan fingerprint density at radius 3 is 2.56 bits per heavy atom. The van der Waals surface area contributed by atoms with Crippen molar-refractivity contribution in [1.82, 2.24) is 9.97 Å². The van der Waals surface area contributed by atoms with Crippen LogP contribution in [0.25, 0.3) is 0 Å². The zero-order valence-corrected chi connectivity index (χ0v) is 11.3. The third-order valence-corrected chi connectivity index (χ3v) is 3.56. The molecule has 2 aromatic rings. The normalized spacial score (nSPS) is 10.3. The Kier molecular flexibility index (Phi) is 3.78. The summed E-state index contributed by atoms with van der Waals surface area (Å²) in [7, 11) is 0. The molecule has 0 unspecified atom stereocenters. The number of benzene rings is 1. The van der Waals surface area contributed by atoms with E-state index in [0.717, 1.165) is 9.37 Å². The SMILES string of the molecule is Nc1ncnc(Sc2ccc(Br)cc2)c1[N+](=O)[O-]. The molecule has 0 aliphatic heterocycles. The number of nitrogen functional groups attached to an aromatic ring is 1. The van der Waals surface area contributed by atoms with Crippen LogP contribution in [0.5, 0.6) is 0 Å². The molecule has 0 radical (unpaired) electrons. The van der Waals surface area contributed by atoms with Crippen molar-refractivity contribution in [3.05, 3.63) is 45.2 Å². The molecule has 0 fully saturated rings. The van der Waals surface area contributed by atoms with Gasteiger partial charge in [-0.1, -0.05) is 27.7 Å². The lowest BCUT2D eigenvalue weighted by Crippen LogP contribution is -2.01. The van der Waals surface area contributed by atoms with E-state index in [1.54, 1.807) is 0 Å². The van der Waals surface area contributed by atoms with Crippen LogP contribution >= 0.6 is 27.7 Å². The number of halogens is 1. The van der Waals surface area contributed by atoms with Crippen molar-refractivity contribution in [2.75, 3.05) is 5.73 Å². The molecule has 92 valence electrons. The summed E-state index contributed by atoms with van der Waals surface area (Å²) >= 11 is 4.49. The molecule has 0 bridgehead atoms. The average Bonchev–Trinajstić information content (AvgIpc) is 2.32. The van der Waals surface area contributed by atoms with Gasteiger partial charge in [-0.15, -0.1) is 0 Å². The van der Waals surface area contributed by atoms with E-state index >= 15 is 0 Å². The topological polar surface area (TPSA) is 94.9 Å². The predicted molar refractivity (Wildman–Crippen MR) is 71.4 cm³/mol. The molecule has 0 amide bonds. The molecule has 2 rings (SSSR count). The summed E-state index contributed by atoms with van der Waals surface area (Å²) < 4.78 is 0.934. The van der Waals surface area contributed by atoms with E-state index in [0.29, 0.717) is 0 Å². The number of anilines is 1. The van der Waals surface area contributed by atoms with Gasteiger partial charge in [-0.25, -0.2) is 9.97 Å². The quantitative estimate of drug-likeness (QED) is 0.529. The van der Waals surface area contributed by atoms with Crippen molar-refractivity contribution in [3.8, 4) is 0 Å². The van der Waals surface area contributed by atoms with Crippen LogP contribution in [0.2, 0.25) is 0 Å². The first-order valence-corrected chi connectivity index (χ1v) is 6.37. The maximum absolute atomic E-state index is 10.9. The van der Waals surface area contributed by atoms with E-state index in [-0.39, 0.29) is 16.5 Å². The van der Waals surface area contributed by atoms with Crippen molar-refractivity contribution < 1.29 is 4.92 Å². The van der Waals surface area contributed by atoms with Crippen LogP contribution in [0.1, 0.15) is 0 Å². The van der Waals surface area contributed by atoms with Crippen LogP contribution in [0.15, 0.2) is 45.0 Å². The number of nitrogens with zero attached hydrogens (tertiary/aromatic N) is 3. The Morgan fingerprint density at radius 1 is 1.28 bits per heavy atom. The van der Waals surface area contributed by atoms with Crippen molar-refractivity contribution in [1.29, 1.82) is 0 Å². The molecule has 0 spiro atoms. The van der Waals surface area contributed by atoms with Crippen LogP contribution in [0, 0.1) is 10.1 Å². The Bertz CT molecular complexity index is 591. The minimum absolute atomic E-state index is 0.130. The minimum atomic E-state index is -0.573. The third kappa shape index (κ3) is 2.77. The van der Waals surface area contributed by atoms with Gasteiger partial charge >= 0.3 is 5.69 Å². The van der Waals surface area contributed by atoms with E-state index in [4.69, 9.17) is 5.73 Å². The van der Waals surface area contributed by atoms with Gasteiger partial charge < -0.3 is 5.73 Å². The standard InChI is InChI=1S/C10H7BrN4O2S/c11-6-1-3-7(4-2-6)18-10-8(15(16)17)9(12)13-5-14-10/h1-5H,(H2,12,13,14). The maximum atomic E-state index is 10.9. The third-order valence-electron chi connectivity index (χ3n) is 2.03. The van der Waals surface area contributed by atoms with Crippen LogP contribution in [0.3, 0.4) is 0 Å². The molecule has 8 heteroatoms. The molecule has 1 aromatic carbocycles. The fourth-order valence-corrected chi connectivity index (χ4v) is 2.37. The second-order valence-corrected chi connectivity index (χ2v) is 5.20. The highest BCUT2D eigenvalue weighted by Gasteiger charge is 2.21. The second-order valence-electron chi connectivity index (χ2n) is 3.23. The smallest absolute Gasteiger partial charge is 0.343 e. The number of nitro groups is 1. The summed E-state index contributed by atoms with van der Waals surface area (Å²) in [5, 5.41) is 11.1. The highest BCUT2D eigenvalue weighted by Crippen LogP contribution is 2.35. The second kappa shape index (κ2) is 5.32. The van der Waals surface area contributed by atoms with E-state index in [2.05, 4.69) is 25.9 Å². The zero-order chi connectivity index (χ0) is 13.1. The van der Waals surface area contributed by atoms with Gasteiger partial charge in [0.25, 0.3) is 0 Å². The summed E-state index contributed by atoms with van der Waals surface area (Å²) in [4.78, 5) is 18.7. The van der Waals surface area contributed by atoms with Crippen LogP contribution in [-0.2, 0) is 0 Å². The van der Waals surface area contributed by atoms with Gasteiger partial charge in [-0.2, -0.15) is 0 Å². The minimum Gasteiger partial charge on any atom is -0.378 e. The number of nitrogens with two attached hydrogens (primary N) is 1. The number of hydrogen-bond donors (Lipinski definition) is 1. The van der Waals surface area contributed by atoms with Gasteiger partial charge in [-0.3, -0.25) is 10.1 Å². The first kappa shape index (κ1) is 12.8. The molecule has 0 atom stereocenters. The summed E-state index contributed by atoms with van der Waals surface area (Å²) in [6, 6.07) is 7.35. The summed E-state index contributed by atoms with van der Waals surface area (Å²) in [5.74, 6) is -0.130. The molecular formula is C10H7BrN4O2S. The zero-order valence-electron chi connectivity index (χ0n) is 8.91. The van der Waals surface area contributed by atoms with E-state index in [9.17, 15) is 10.1 Å². The van der Waals surface area contributed by atoms with Crippen LogP contribution in [-0.4, -0.2) is 14.9 Å². The molecule has 18 heavy (non-hydrogen) atoms. The molecule has 1 heterocycles. The molecular weight excluding hydrogens is 320 g/mol. The lowest BCUT2D eigenvalue weighted by molar-refractivity contribution is -0.387. The largest absolute Gasteiger partial charge is 0.378 e. The first-order chi connectivity index (χ1) is 8.58. The highest BCUT2D eigenvalue weighted by molar-refractivity contribution is 9.10. The monoisotopic (exact) mass is 326 g/mol. The predicted octanol–water partition coefficient (Wildman–Crippen LogP) is 2.88. The highest BCUT2D eigenvalue weighted by atomic mass is 79.9. The fraction of sp³-hybridized carbons (Fsp3) is 0. The Hall–Kier alpha value is -1.67. The maximum Gasteiger partial charge on any atom is 0.343 e. The lowest BCUT2D eigenvalue weighted by atomic mass is 10.4. The molecule has 0 saturated heterocycles. The van der Waals surface area contributed by atoms with Crippen molar-refractivity contribution in [2.24, 2.45) is 0 Å². The number of hydrogen-bond acceptors (Lipinski definition) is 6. The van der Waals surface area contributed by atoms with Gasteiger partial charge in [0, 0.05) is 9.37 Å². The average molecular weight is 327 g/mol. The first-order valence-electron chi connectivity index (χ1n) is 4.76. The van der Waals surface area contributed by atoms with E-state index < -0.39 is 4.92 Å². The molecule has 0 saturated carbocycles. The van der Waals surface area contributed by atoms with Gasteiger partial charge in [0.2, 0.25) is 5.82 Å².